The van der Waals surface area contributed by atoms with Gasteiger partial charge in [-0.15, -0.1) is 4.52 Å². The number of benzene rings is 3. The van der Waals surface area contributed by atoms with Gasteiger partial charge in [-0.1, -0.05) is 138 Å². The molecule has 0 aliphatic heterocycles. The highest BCUT2D eigenvalue weighted by atomic mass is 31.1. The second kappa shape index (κ2) is 15.8. The van der Waals surface area contributed by atoms with Gasteiger partial charge in [0.25, 0.3) is 8.32 Å². The third kappa shape index (κ3) is 9.01. The largest absolute Gasteiger partial charge is 0.510 e. The molecule has 0 bridgehead atoms. The van der Waals surface area contributed by atoms with Crippen LogP contribution in [0.4, 0.5) is 0 Å². The van der Waals surface area contributed by atoms with Gasteiger partial charge in [0.05, 0.1) is 6.42 Å². The quantitative estimate of drug-likeness (QED) is 0.140. The average Bonchev–Trinajstić information content (AvgIpc) is 2.99. The molecular formula is C38H52O5PSi+. The lowest BCUT2D eigenvalue weighted by Crippen LogP contribution is -2.68. The van der Waals surface area contributed by atoms with E-state index in [1.807, 2.05) is 36.4 Å². The Labute approximate surface area is 272 Å². The number of carboxylic acid groups (broad SMARTS) is 1. The number of hydrogen-bond donors (Lipinski definition) is 1. The van der Waals surface area contributed by atoms with E-state index in [9.17, 15) is 14.5 Å². The molecule has 45 heavy (non-hydrogen) atoms. The summed E-state index contributed by atoms with van der Waals surface area (Å²) in [6.07, 6.45) is 6.66. The summed E-state index contributed by atoms with van der Waals surface area (Å²) in [7, 11) is -5.19. The summed E-state index contributed by atoms with van der Waals surface area (Å²) >= 11 is 0. The fourth-order valence-corrected chi connectivity index (χ4v) is 13.3. The maximum absolute atomic E-state index is 13.6. The van der Waals surface area contributed by atoms with Crippen molar-refractivity contribution in [2.45, 2.75) is 104 Å². The molecule has 242 valence electrons. The first kappa shape index (κ1) is 35.2. The first-order chi connectivity index (χ1) is 21.4. The van der Waals surface area contributed by atoms with Crippen molar-refractivity contribution in [3.8, 4) is 0 Å². The second-order valence-electron chi connectivity index (χ2n) is 14.1. The zero-order valence-electron chi connectivity index (χ0n) is 28.1. The summed E-state index contributed by atoms with van der Waals surface area (Å²) in [6, 6.07) is 24.8. The highest BCUT2D eigenvalue weighted by molar-refractivity contribution is 7.39. The van der Waals surface area contributed by atoms with Crippen molar-refractivity contribution < 1.29 is 23.4 Å². The fraction of sp³-hybridized carbons (Fsp3) is 0.500. The Hall–Kier alpha value is -2.63. The van der Waals surface area contributed by atoms with Gasteiger partial charge in [-0.05, 0) is 62.9 Å². The van der Waals surface area contributed by atoms with E-state index in [1.54, 1.807) is 0 Å². The third-order valence-electron chi connectivity index (χ3n) is 9.33. The van der Waals surface area contributed by atoms with E-state index in [4.69, 9.17) is 8.95 Å². The Morgan fingerprint density at radius 2 is 1.53 bits per heavy atom. The minimum Gasteiger partial charge on any atom is -0.481 e. The molecule has 0 radical (unpaired) electrons. The summed E-state index contributed by atoms with van der Waals surface area (Å²) in [5.41, 5.74) is 5.23. The van der Waals surface area contributed by atoms with Gasteiger partial charge < -0.3 is 9.53 Å². The number of carboxylic acids is 1. The SMILES string of the molecule is Cc1cc(C)c(C(C)CO[P+](=O)CC(CC(=O)O)O[Si](c2ccccc2)(c2ccccc2)C(C)(C)C)c(CC2CCCCC2)c1. The number of carbonyl (C=O) groups is 1. The topological polar surface area (TPSA) is 72.8 Å². The van der Waals surface area contributed by atoms with Crippen LogP contribution in [0, 0.1) is 19.8 Å². The molecule has 1 aliphatic rings. The molecule has 0 spiro atoms. The maximum Gasteiger partial charge on any atom is 0.510 e. The van der Waals surface area contributed by atoms with Crippen molar-refractivity contribution in [1.82, 2.24) is 0 Å². The average molecular weight is 648 g/mol. The van der Waals surface area contributed by atoms with E-state index in [0.717, 1.165) is 22.7 Å². The predicted molar refractivity (Wildman–Crippen MR) is 188 cm³/mol. The number of rotatable bonds is 14. The molecule has 7 heteroatoms. The highest BCUT2D eigenvalue weighted by Crippen LogP contribution is 2.40. The van der Waals surface area contributed by atoms with Crippen molar-refractivity contribution in [3.05, 3.63) is 95.1 Å². The van der Waals surface area contributed by atoms with Crippen molar-refractivity contribution in [3.63, 3.8) is 0 Å². The summed E-state index contributed by atoms with van der Waals surface area (Å²) in [5, 5.41) is 11.7. The van der Waals surface area contributed by atoms with Gasteiger partial charge in [-0.2, -0.15) is 0 Å². The first-order valence-corrected chi connectivity index (χ1v) is 19.9. The number of hydrogen-bond acceptors (Lipinski definition) is 4. The van der Waals surface area contributed by atoms with Crippen molar-refractivity contribution >= 4 is 32.7 Å². The molecule has 3 atom stereocenters. The van der Waals surface area contributed by atoms with E-state index in [0.29, 0.717) is 6.61 Å². The molecule has 3 aromatic carbocycles. The van der Waals surface area contributed by atoms with Gasteiger partial charge in [0, 0.05) is 5.92 Å². The van der Waals surface area contributed by atoms with Crippen LogP contribution in [0.1, 0.15) is 94.4 Å². The van der Waals surface area contributed by atoms with Crippen LogP contribution in [0.15, 0.2) is 72.8 Å². The lowest BCUT2D eigenvalue weighted by molar-refractivity contribution is -0.138. The van der Waals surface area contributed by atoms with Crippen LogP contribution in [0.25, 0.3) is 0 Å². The molecule has 5 nitrogen and oxygen atoms in total. The molecule has 0 amide bonds. The lowest BCUT2D eigenvalue weighted by atomic mass is 9.81. The zero-order valence-corrected chi connectivity index (χ0v) is 29.9. The third-order valence-corrected chi connectivity index (χ3v) is 15.6. The van der Waals surface area contributed by atoms with Crippen molar-refractivity contribution in [1.29, 1.82) is 0 Å². The van der Waals surface area contributed by atoms with Crippen LogP contribution in [-0.2, 0) is 24.7 Å². The molecule has 3 aromatic rings. The van der Waals surface area contributed by atoms with Gasteiger partial charge in [-0.3, -0.25) is 4.79 Å². The van der Waals surface area contributed by atoms with E-state index in [-0.39, 0.29) is 23.5 Å². The molecule has 4 rings (SSSR count). The van der Waals surface area contributed by atoms with Crippen LogP contribution in [0.5, 0.6) is 0 Å². The minimum atomic E-state index is -3.03. The second-order valence-corrected chi connectivity index (χ2v) is 19.6. The van der Waals surface area contributed by atoms with Gasteiger partial charge in [0.2, 0.25) is 6.16 Å². The Morgan fingerprint density at radius 3 is 2.07 bits per heavy atom. The predicted octanol–water partition coefficient (Wildman–Crippen LogP) is 8.71. The van der Waals surface area contributed by atoms with Gasteiger partial charge in [0.1, 0.15) is 12.7 Å². The molecule has 1 fully saturated rings. The fourth-order valence-electron chi connectivity index (χ4n) is 7.42. The van der Waals surface area contributed by atoms with Crippen LogP contribution in [0.3, 0.4) is 0 Å². The maximum atomic E-state index is 13.6. The van der Waals surface area contributed by atoms with Crippen LogP contribution in [0.2, 0.25) is 5.04 Å². The molecule has 1 N–H and O–H groups in total. The smallest absolute Gasteiger partial charge is 0.481 e. The Kier molecular flexibility index (Phi) is 12.3. The minimum absolute atomic E-state index is 0.0284. The Morgan fingerprint density at radius 1 is 0.956 bits per heavy atom. The Balaban J connectivity index is 1.55. The molecule has 3 unspecified atom stereocenters. The molecule has 0 aromatic heterocycles. The van der Waals surface area contributed by atoms with Crippen LogP contribution >= 0.6 is 8.03 Å². The molecule has 1 aliphatic carbocycles. The van der Waals surface area contributed by atoms with Gasteiger partial charge in [0.15, 0.2) is 0 Å². The lowest BCUT2D eigenvalue weighted by Gasteiger charge is -2.44. The summed E-state index contributed by atoms with van der Waals surface area (Å²) in [4.78, 5) is 12.1. The number of aliphatic carboxylic acids is 1. The van der Waals surface area contributed by atoms with E-state index >= 15 is 0 Å². The molecule has 0 saturated heterocycles. The summed E-state index contributed by atoms with van der Waals surface area (Å²) in [6.45, 7) is 13.3. The monoisotopic (exact) mass is 647 g/mol. The molecule has 0 heterocycles. The van der Waals surface area contributed by atoms with Gasteiger partial charge >= 0.3 is 14.0 Å². The van der Waals surface area contributed by atoms with E-state index in [1.165, 1.54) is 54.4 Å². The molecular weight excluding hydrogens is 595 g/mol. The van der Waals surface area contributed by atoms with Crippen LogP contribution in [-0.4, -0.2) is 38.3 Å². The molecule has 1 saturated carbocycles. The van der Waals surface area contributed by atoms with Gasteiger partial charge in [-0.25, -0.2) is 0 Å². The first-order valence-electron chi connectivity index (χ1n) is 16.6. The van der Waals surface area contributed by atoms with E-state index < -0.39 is 28.4 Å². The standard InChI is InChI=1S/C38H51O5PSi/c1-28-22-29(2)37(32(23-28)24-31-16-10-7-11-17-31)30(3)26-42-44(41)27-33(25-36(39)40)43-45(38(4,5)6,34-18-12-8-13-19-34)35-20-14-9-15-21-35/h8-9,12-15,18-23,30-31,33H,7,10-11,16-17,24-27H2,1-6H3/p+1. The zero-order chi connectivity index (χ0) is 32.6. The Bertz CT molecular complexity index is 1370. The number of aryl methyl sites for hydroxylation is 2. The van der Waals surface area contributed by atoms with Crippen molar-refractivity contribution in [2.75, 3.05) is 12.8 Å². The van der Waals surface area contributed by atoms with Crippen molar-refractivity contribution in [2.24, 2.45) is 5.92 Å². The normalized spacial score (nSPS) is 16.3. The summed E-state index contributed by atoms with van der Waals surface area (Å²) in [5.74, 6) is -0.185. The van der Waals surface area contributed by atoms with E-state index in [2.05, 4.69) is 77.9 Å². The van der Waals surface area contributed by atoms with Crippen LogP contribution < -0.4 is 10.4 Å². The summed E-state index contributed by atoms with van der Waals surface area (Å²) < 4.78 is 26.7. The highest BCUT2D eigenvalue weighted by Gasteiger charge is 2.52.